The average Bonchev–Trinajstić information content (AvgIpc) is 3.29. The van der Waals surface area contributed by atoms with E-state index in [4.69, 9.17) is 5.11 Å². The summed E-state index contributed by atoms with van der Waals surface area (Å²) in [4.78, 5) is 12.5. The summed E-state index contributed by atoms with van der Waals surface area (Å²) in [5.74, 6) is -1.36. The summed E-state index contributed by atoms with van der Waals surface area (Å²) in [7, 11) is -13.2. The van der Waals surface area contributed by atoms with E-state index in [1.807, 2.05) is 49.3 Å². The lowest BCUT2D eigenvalue weighted by Crippen LogP contribution is -2.28. The molecule has 2 heterocycles. The second-order valence-electron chi connectivity index (χ2n) is 13.0. The average molecular weight is 726 g/mol. The van der Waals surface area contributed by atoms with Gasteiger partial charge in [0.25, 0.3) is 30.4 Å². The molecule has 4 N–H and O–H groups in total. The number of unbranched alkanes of at least 4 members (excludes halogenated alkanes) is 2. The van der Waals surface area contributed by atoms with E-state index in [-0.39, 0.29) is 29.2 Å². The van der Waals surface area contributed by atoms with Crippen LogP contribution in [0.5, 0.6) is 0 Å². The third kappa shape index (κ3) is 8.06. The molecular weight excluding hydrogens is 685 g/mol. The first-order chi connectivity index (χ1) is 22.0. The van der Waals surface area contributed by atoms with E-state index in [0.29, 0.717) is 48.3 Å². The van der Waals surface area contributed by atoms with Gasteiger partial charge in [-0.25, -0.2) is 0 Å². The smallest absolute Gasteiger partial charge is 0.303 e. The van der Waals surface area contributed by atoms with Crippen LogP contribution >= 0.6 is 0 Å². The highest BCUT2D eigenvalue weighted by Crippen LogP contribution is 2.49. The van der Waals surface area contributed by atoms with Crippen LogP contribution in [0.3, 0.4) is 0 Å². The predicted molar refractivity (Wildman–Crippen MR) is 180 cm³/mol. The zero-order chi connectivity index (χ0) is 35.9. The van der Waals surface area contributed by atoms with Crippen LogP contribution in [0.4, 0.5) is 11.4 Å². The summed E-state index contributed by atoms with van der Waals surface area (Å²) in [6.07, 6.45) is 7.42. The zero-order valence-electron chi connectivity index (χ0n) is 27.1. The van der Waals surface area contributed by atoms with E-state index in [2.05, 4.69) is 0 Å². The van der Waals surface area contributed by atoms with E-state index in [0.717, 1.165) is 11.4 Å². The van der Waals surface area contributed by atoms with E-state index < -0.39 is 52.9 Å². The van der Waals surface area contributed by atoms with Crippen molar-refractivity contribution in [1.82, 2.24) is 0 Å². The number of nitrogens with zero attached hydrogens (tertiary/aromatic N) is 2. The van der Waals surface area contributed by atoms with Crippen molar-refractivity contribution in [3.05, 3.63) is 71.5 Å². The Morgan fingerprint density at radius 2 is 1.42 bits per heavy atom. The van der Waals surface area contributed by atoms with Gasteiger partial charge in [-0.2, -0.15) is 29.8 Å². The number of hydrogen-bond donors (Lipinski definition) is 4. The molecule has 0 saturated carbocycles. The Morgan fingerprint density at radius 3 is 2.00 bits per heavy atom. The first kappa shape index (κ1) is 37.4. The molecule has 0 aromatic heterocycles. The highest BCUT2D eigenvalue weighted by Gasteiger charge is 2.45. The molecule has 0 amide bonds. The van der Waals surface area contributed by atoms with Gasteiger partial charge in [0.15, 0.2) is 5.71 Å². The fourth-order valence-corrected chi connectivity index (χ4v) is 7.98. The van der Waals surface area contributed by atoms with Gasteiger partial charge in [0.05, 0.1) is 21.0 Å². The van der Waals surface area contributed by atoms with Crippen LogP contribution in [0.2, 0.25) is 0 Å². The molecule has 2 aliphatic heterocycles. The lowest BCUT2D eigenvalue weighted by atomic mass is 9.81. The highest BCUT2D eigenvalue weighted by molar-refractivity contribution is 7.86. The third-order valence-corrected chi connectivity index (χ3v) is 11.4. The van der Waals surface area contributed by atoms with Crippen molar-refractivity contribution in [1.29, 1.82) is 0 Å². The summed E-state index contributed by atoms with van der Waals surface area (Å²) >= 11 is 0. The van der Waals surface area contributed by atoms with Gasteiger partial charge >= 0.3 is 5.97 Å². The maximum atomic E-state index is 12.0. The largest absolute Gasteiger partial charge is 0.481 e. The molecule has 0 radical (unpaired) electrons. The van der Waals surface area contributed by atoms with Crippen LogP contribution in [0.1, 0.15) is 70.9 Å². The molecule has 13 nitrogen and oxygen atoms in total. The number of anilines is 1. The maximum Gasteiger partial charge on any atom is 0.303 e. The van der Waals surface area contributed by atoms with Gasteiger partial charge in [-0.3, -0.25) is 18.5 Å². The third-order valence-electron chi connectivity index (χ3n) is 8.89. The molecule has 0 fully saturated rings. The van der Waals surface area contributed by atoms with E-state index in [9.17, 15) is 43.7 Å². The molecule has 0 unspecified atom stereocenters. The molecule has 48 heavy (non-hydrogen) atoms. The fourth-order valence-electron chi connectivity index (χ4n) is 6.47. The summed E-state index contributed by atoms with van der Waals surface area (Å²) in [5, 5.41) is 9.01. The van der Waals surface area contributed by atoms with Crippen LogP contribution in [-0.4, -0.2) is 79.1 Å². The molecule has 0 saturated heterocycles. The predicted octanol–water partition coefficient (Wildman–Crippen LogP) is 4.72. The molecule has 2 aromatic carbocycles. The number of rotatable bonds is 14. The number of aliphatic carboxylic acids is 1. The van der Waals surface area contributed by atoms with Gasteiger partial charge in [-0.15, -0.1) is 0 Å². The van der Waals surface area contributed by atoms with Crippen LogP contribution in [0, 0.1) is 0 Å². The quantitative estimate of drug-likeness (QED) is 0.119. The lowest BCUT2D eigenvalue weighted by molar-refractivity contribution is -0.437. The SMILES string of the molecule is CC1(C)C(/C=C/C=C2/N(CCCCCC(=O)O)c3ccc(S(=O)(=O)O)cc3C2(C)C)=[N+](CCCS(=O)(=O)O)c2ccc(S(=O)(=O)O)cc21. The fraction of sp³-hybridized carbons (Fsp3) is 0.438. The monoisotopic (exact) mass is 725 g/mol. The summed E-state index contributed by atoms with van der Waals surface area (Å²) in [6, 6.07) is 8.61. The number of hydrogen-bond acceptors (Lipinski definition) is 8. The number of allylic oxidation sites excluding steroid dienone is 4. The van der Waals surface area contributed by atoms with Gasteiger partial charge in [0, 0.05) is 53.9 Å². The van der Waals surface area contributed by atoms with Crippen molar-refractivity contribution >= 4 is 53.4 Å². The van der Waals surface area contributed by atoms with Crippen LogP contribution < -0.4 is 4.90 Å². The molecule has 0 aliphatic carbocycles. The van der Waals surface area contributed by atoms with Crippen LogP contribution in [0.25, 0.3) is 0 Å². The molecule has 2 aromatic rings. The van der Waals surface area contributed by atoms with Crippen LogP contribution in [-0.2, 0) is 46.0 Å². The molecule has 16 heteroatoms. The van der Waals surface area contributed by atoms with Gasteiger partial charge < -0.3 is 10.0 Å². The second kappa shape index (κ2) is 13.5. The molecule has 4 rings (SSSR count). The number of benzene rings is 2. The number of carbonyl (C=O) groups is 1. The highest BCUT2D eigenvalue weighted by atomic mass is 32.2. The van der Waals surface area contributed by atoms with E-state index in [1.54, 1.807) is 18.2 Å². The van der Waals surface area contributed by atoms with Crippen molar-refractivity contribution < 1.29 is 53.4 Å². The Kier molecular flexibility index (Phi) is 10.5. The van der Waals surface area contributed by atoms with Gasteiger partial charge in [0.2, 0.25) is 5.69 Å². The molecule has 0 bridgehead atoms. The van der Waals surface area contributed by atoms with Crippen LogP contribution in [0.15, 0.2) is 70.1 Å². The topological polar surface area (TPSA) is 207 Å². The Hall–Kier alpha value is -3.41. The molecule has 0 spiro atoms. The van der Waals surface area contributed by atoms with Crippen molar-refractivity contribution in [2.45, 2.75) is 80.4 Å². The second-order valence-corrected chi connectivity index (χ2v) is 17.4. The molecular formula is C32H41N2O11S3+. The summed E-state index contributed by atoms with van der Waals surface area (Å²) in [6.45, 7) is 8.26. The van der Waals surface area contributed by atoms with E-state index in [1.165, 1.54) is 24.3 Å². The Morgan fingerprint density at radius 1 is 0.812 bits per heavy atom. The first-order valence-electron chi connectivity index (χ1n) is 15.3. The van der Waals surface area contributed by atoms with Gasteiger partial charge in [0.1, 0.15) is 6.54 Å². The molecule has 262 valence electrons. The lowest BCUT2D eigenvalue weighted by Gasteiger charge is -2.27. The Bertz CT molecular complexity index is 2040. The normalized spacial score (nSPS) is 18.1. The standard InChI is InChI=1S/C32H40N2O11S3/c1-31(2)24-20-22(47(40,41)42)13-15-26(24)33(17-7-5-6-12-30(35)36)28(31)10-8-11-29-32(3,4)25-21-23(48(43,44)45)14-16-27(25)34(29)18-9-19-46(37,38)39/h8,10-11,13-16,20-21H,5-7,9,12,17-19H2,1-4H3,(H3-,35,36,37,38,39,40,41,42,43,44,45)/p+1. The van der Waals surface area contributed by atoms with E-state index >= 15 is 0 Å². The zero-order valence-corrected chi connectivity index (χ0v) is 29.6. The molecule has 0 atom stereocenters. The minimum atomic E-state index is -4.50. The number of fused-ring (bicyclic) bond motifs is 2. The van der Waals surface area contributed by atoms with Crippen molar-refractivity contribution in [2.24, 2.45) is 0 Å². The number of carboxylic acid groups (broad SMARTS) is 1. The van der Waals surface area contributed by atoms with Crippen molar-refractivity contribution in [2.75, 3.05) is 23.7 Å². The Labute approximate surface area is 281 Å². The minimum absolute atomic E-state index is 0.0501. The van der Waals surface area contributed by atoms with Gasteiger partial charge in [-0.05, 0) is 68.7 Å². The maximum absolute atomic E-state index is 12.0. The van der Waals surface area contributed by atoms with Crippen molar-refractivity contribution in [3.63, 3.8) is 0 Å². The summed E-state index contributed by atoms with van der Waals surface area (Å²) < 4.78 is 101. The van der Waals surface area contributed by atoms with Gasteiger partial charge in [-0.1, -0.05) is 26.3 Å². The first-order valence-corrected chi connectivity index (χ1v) is 19.8. The Balaban J connectivity index is 1.78. The molecule has 2 aliphatic rings. The summed E-state index contributed by atoms with van der Waals surface area (Å²) in [5.41, 5.74) is 2.60. The minimum Gasteiger partial charge on any atom is -0.481 e. The number of carboxylic acids is 1. The van der Waals surface area contributed by atoms with Crippen molar-refractivity contribution in [3.8, 4) is 0 Å².